The van der Waals surface area contributed by atoms with Crippen molar-refractivity contribution in [2.75, 3.05) is 20.3 Å². The zero-order chi connectivity index (χ0) is 15.4. The number of carbonyl (C=O) groups is 1. The van der Waals surface area contributed by atoms with Gasteiger partial charge in [-0.1, -0.05) is 36.0 Å². The molecular weight excluding hydrogens is 313 g/mol. The fourth-order valence-corrected chi connectivity index (χ4v) is 3.32. The van der Waals surface area contributed by atoms with Gasteiger partial charge in [0, 0.05) is 12.1 Å². The second-order valence-corrected chi connectivity index (χ2v) is 5.97. The summed E-state index contributed by atoms with van der Waals surface area (Å²) in [5.74, 6) is 0.215. The number of amides is 1. The fraction of sp³-hybridized carbons (Fsp3) is 0.533. The van der Waals surface area contributed by atoms with Crippen molar-refractivity contribution in [3.05, 3.63) is 27.7 Å². The summed E-state index contributed by atoms with van der Waals surface area (Å²) in [6, 6.07) is 2.99. The summed E-state index contributed by atoms with van der Waals surface area (Å²) in [6.45, 7) is 0.620. The van der Waals surface area contributed by atoms with Gasteiger partial charge >= 0.3 is 0 Å². The topological polar surface area (TPSA) is 49.8 Å². The summed E-state index contributed by atoms with van der Waals surface area (Å²) < 4.78 is 5.09. The molecule has 1 unspecified atom stereocenters. The number of nitrogens with zero attached hydrogens (tertiary/aromatic N) is 1. The summed E-state index contributed by atoms with van der Waals surface area (Å²) in [5.41, 5.74) is 0.422. The van der Waals surface area contributed by atoms with Crippen molar-refractivity contribution in [2.45, 2.75) is 31.7 Å². The number of halogens is 2. The van der Waals surface area contributed by atoms with Crippen molar-refractivity contribution in [1.29, 1.82) is 0 Å². The van der Waals surface area contributed by atoms with Crippen molar-refractivity contribution in [2.24, 2.45) is 0 Å². The Balaban J connectivity index is 2.29. The molecule has 1 aliphatic heterocycles. The molecule has 1 N–H and O–H groups in total. The molecule has 1 saturated heterocycles. The van der Waals surface area contributed by atoms with Gasteiger partial charge in [0.25, 0.3) is 5.91 Å². The first-order valence-electron chi connectivity index (χ1n) is 7.03. The predicted molar refractivity (Wildman–Crippen MR) is 83.4 cm³/mol. The summed E-state index contributed by atoms with van der Waals surface area (Å²) in [7, 11) is 1.48. The van der Waals surface area contributed by atoms with Crippen molar-refractivity contribution >= 4 is 29.1 Å². The molecule has 2 rings (SSSR count). The fourth-order valence-electron chi connectivity index (χ4n) is 2.68. The largest absolute Gasteiger partial charge is 0.494 e. The number of carbonyl (C=O) groups excluding carboxylic acids is 1. The van der Waals surface area contributed by atoms with Crippen LogP contribution in [-0.2, 0) is 0 Å². The molecule has 1 aliphatic rings. The lowest BCUT2D eigenvalue weighted by Gasteiger charge is -2.29. The lowest BCUT2D eigenvalue weighted by Crippen LogP contribution is -2.42. The van der Waals surface area contributed by atoms with Gasteiger partial charge in [0.2, 0.25) is 0 Å². The van der Waals surface area contributed by atoms with Crippen LogP contribution in [0.4, 0.5) is 0 Å². The maximum Gasteiger partial charge on any atom is 0.254 e. The van der Waals surface area contributed by atoms with E-state index in [1.807, 2.05) is 0 Å². The zero-order valence-corrected chi connectivity index (χ0v) is 13.5. The third kappa shape index (κ3) is 3.62. The van der Waals surface area contributed by atoms with E-state index in [-0.39, 0.29) is 18.6 Å². The molecule has 4 nitrogen and oxygen atoms in total. The molecule has 1 amide bonds. The highest BCUT2D eigenvalue weighted by Crippen LogP contribution is 2.34. The minimum absolute atomic E-state index is 0.0244. The number of likely N-dealkylation sites (tertiary alicyclic amines) is 1. The summed E-state index contributed by atoms with van der Waals surface area (Å²) >= 11 is 12.2. The van der Waals surface area contributed by atoms with E-state index in [0.717, 1.165) is 25.7 Å². The number of hydrogen-bond donors (Lipinski definition) is 1. The standard InChI is InChI=1S/C15H19Cl2NO3/c1-21-14-12(16)7-10(8-13(14)17)15(20)18-6-4-2-3-5-11(18)9-19/h7-8,11,19H,2-6,9H2,1H3. The van der Waals surface area contributed by atoms with Crippen LogP contribution < -0.4 is 4.74 Å². The molecule has 0 aliphatic carbocycles. The molecular formula is C15H19Cl2NO3. The molecule has 0 radical (unpaired) electrons. The van der Waals surface area contributed by atoms with E-state index in [1.54, 1.807) is 17.0 Å². The molecule has 1 fully saturated rings. The molecule has 1 heterocycles. The minimum atomic E-state index is -0.151. The second kappa shape index (κ2) is 7.34. The number of aliphatic hydroxyl groups is 1. The average Bonchev–Trinajstić information content (AvgIpc) is 2.71. The molecule has 116 valence electrons. The van der Waals surface area contributed by atoms with Crippen molar-refractivity contribution in [3.63, 3.8) is 0 Å². The summed E-state index contributed by atoms with van der Waals surface area (Å²) in [4.78, 5) is 14.4. The van der Waals surface area contributed by atoms with Crippen LogP contribution in [0.15, 0.2) is 12.1 Å². The Hall–Kier alpha value is -0.970. The normalized spacial score (nSPS) is 19.2. The van der Waals surface area contributed by atoms with Gasteiger partial charge in [0.05, 0.1) is 29.8 Å². The molecule has 21 heavy (non-hydrogen) atoms. The van der Waals surface area contributed by atoms with E-state index in [9.17, 15) is 9.90 Å². The van der Waals surface area contributed by atoms with Crippen molar-refractivity contribution < 1.29 is 14.6 Å². The Morgan fingerprint density at radius 1 is 1.33 bits per heavy atom. The van der Waals surface area contributed by atoms with E-state index in [2.05, 4.69) is 0 Å². The Kier molecular flexibility index (Phi) is 5.73. The smallest absolute Gasteiger partial charge is 0.254 e. The quantitative estimate of drug-likeness (QED) is 0.923. The van der Waals surface area contributed by atoms with Crippen LogP contribution in [0.2, 0.25) is 10.0 Å². The highest BCUT2D eigenvalue weighted by atomic mass is 35.5. The second-order valence-electron chi connectivity index (χ2n) is 5.16. The third-order valence-corrected chi connectivity index (χ3v) is 4.36. The maximum absolute atomic E-state index is 12.7. The third-order valence-electron chi connectivity index (χ3n) is 3.80. The van der Waals surface area contributed by atoms with E-state index in [4.69, 9.17) is 27.9 Å². The van der Waals surface area contributed by atoms with E-state index in [0.29, 0.717) is 27.9 Å². The van der Waals surface area contributed by atoms with Gasteiger partial charge in [-0.3, -0.25) is 4.79 Å². The van der Waals surface area contributed by atoms with Gasteiger partial charge in [-0.05, 0) is 25.0 Å². The number of aliphatic hydroxyl groups excluding tert-OH is 1. The highest BCUT2D eigenvalue weighted by Gasteiger charge is 2.26. The van der Waals surface area contributed by atoms with Crippen LogP contribution in [0.25, 0.3) is 0 Å². The lowest BCUT2D eigenvalue weighted by atomic mass is 10.1. The molecule has 0 saturated carbocycles. The molecule has 0 spiro atoms. The first kappa shape index (κ1) is 16.4. The van der Waals surface area contributed by atoms with Gasteiger partial charge in [-0.25, -0.2) is 0 Å². The molecule has 6 heteroatoms. The maximum atomic E-state index is 12.7. The van der Waals surface area contributed by atoms with Crippen LogP contribution >= 0.6 is 23.2 Å². The Bertz CT molecular complexity index is 499. The Morgan fingerprint density at radius 3 is 2.57 bits per heavy atom. The lowest BCUT2D eigenvalue weighted by molar-refractivity contribution is 0.0600. The predicted octanol–water partition coefficient (Wildman–Crippen LogP) is 3.38. The van der Waals surface area contributed by atoms with Crippen molar-refractivity contribution in [3.8, 4) is 5.75 Å². The van der Waals surface area contributed by atoms with Crippen molar-refractivity contribution in [1.82, 2.24) is 4.90 Å². The summed E-state index contributed by atoms with van der Waals surface area (Å²) in [6.07, 6.45) is 3.86. The SMILES string of the molecule is COc1c(Cl)cc(C(=O)N2CCCCCC2CO)cc1Cl. The van der Waals surface area contributed by atoms with E-state index in [1.165, 1.54) is 7.11 Å². The van der Waals surface area contributed by atoms with Gasteiger partial charge in [0.1, 0.15) is 0 Å². The van der Waals surface area contributed by atoms with E-state index >= 15 is 0 Å². The van der Waals surface area contributed by atoms with Gasteiger partial charge in [0.15, 0.2) is 5.75 Å². The number of methoxy groups -OCH3 is 1. The van der Waals surface area contributed by atoms with Crippen LogP contribution in [0.3, 0.4) is 0 Å². The van der Waals surface area contributed by atoms with Gasteiger partial charge in [-0.2, -0.15) is 0 Å². The van der Waals surface area contributed by atoms with Crippen LogP contribution in [0, 0.1) is 0 Å². The number of ether oxygens (including phenoxy) is 1. The molecule has 0 aromatic heterocycles. The number of rotatable bonds is 3. The van der Waals surface area contributed by atoms with Crippen LogP contribution in [-0.4, -0.2) is 42.2 Å². The Morgan fingerprint density at radius 2 is 2.00 bits per heavy atom. The van der Waals surface area contributed by atoms with Gasteiger partial charge in [-0.15, -0.1) is 0 Å². The molecule has 1 aromatic carbocycles. The van der Waals surface area contributed by atoms with E-state index < -0.39 is 0 Å². The Labute approximate surface area is 134 Å². The highest BCUT2D eigenvalue weighted by molar-refractivity contribution is 6.37. The zero-order valence-electron chi connectivity index (χ0n) is 11.9. The molecule has 0 bridgehead atoms. The monoisotopic (exact) mass is 331 g/mol. The number of hydrogen-bond acceptors (Lipinski definition) is 3. The molecule has 1 atom stereocenters. The average molecular weight is 332 g/mol. The van der Waals surface area contributed by atoms with Gasteiger partial charge < -0.3 is 14.7 Å². The van der Waals surface area contributed by atoms with Crippen LogP contribution in [0.5, 0.6) is 5.75 Å². The van der Waals surface area contributed by atoms with Crippen LogP contribution in [0.1, 0.15) is 36.0 Å². The first-order chi connectivity index (χ1) is 10.1. The minimum Gasteiger partial charge on any atom is -0.494 e. The number of benzene rings is 1. The summed E-state index contributed by atoms with van der Waals surface area (Å²) in [5, 5.41) is 10.1. The molecule has 1 aromatic rings. The first-order valence-corrected chi connectivity index (χ1v) is 7.79.